The molecule has 0 bridgehead atoms. The minimum Gasteiger partial charge on any atom is -0.341 e. The van der Waals surface area contributed by atoms with Gasteiger partial charge in [-0.1, -0.05) is 36.4 Å². The highest BCUT2D eigenvalue weighted by Crippen LogP contribution is 2.25. The second kappa shape index (κ2) is 7.26. The van der Waals surface area contributed by atoms with E-state index in [1.807, 2.05) is 20.0 Å². The Balaban J connectivity index is 1.53. The number of benzene rings is 1. The maximum atomic E-state index is 4.59. The van der Waals surface area contributed by atoms with Crippen LogP contribution >= 0.6 is 0 Å². The lowest BCUT2D eigenvalue weighted by molar-refractivity contribution is 0.296. The Hall–Kier alpha value is -2.72. The summed E-state index contributed by atoms with van der Waals surface area (Å²) in [7, 11) is 0. The third kappa shape index (κ3) is 3.60. The number of hydrogen-bond acceptors (Lipinski definition) is 3. The van der Waals surface area contributed by atoms with Gasteiger partial charge >= 0.3 is 0 Å². The fourth-order valence-corrected chi connectivity index (χ4v) is 3.42. The van der Waals surface area contributed by atoms with Crippen LogP contribution in [0.1, 0.15) is 28.9 Å². The zero-order valence-corrected chi connectivity index (χ0v) is 15.4. The van der Waals surface area contributed by atoms with Gasteiger partial charge in [0.05, 0.1) is 5.69 Å². The van der Waals surface area contributed by atoms with Crippen LogP contribution in [0.15, 0.2) is 54.7 Å². The SMILES string of the molecule is Cc1nc(-c2cc(C3=CCCN(Cc4ccccc4)C3)ccn2)[nH]c1C. The molecule has 0 aliphatic carbocycles. The highest BCUT2D eigenvalue weighted by molar-refractivity contribution is 5.70. The molecule has 1 N–H and O–H groups in total. The number of aromatic amines is 1. The van der Waals surface area contributed by atoms with Crippen molar-refractivity contribution in [3.63, 3.8) is 0 Å². The second-order valence-corrected chi connectivity index (χ2v) is 6.94. The number of nitrogens with one attached hydrogen (secondary N) is 1. The Bertz CT molecular complexity index is 905. The summed E-state index contributed by atoms with van der Waals surface area (Å²) in [6.07, 6.45) is 5.33. The van der Waals surface area contributed by atoms with Gasteiger partial charge in [-0.3, -0.25) is 9.88 Å². The van der Waals surface area contributed by atoms with Gasteiger partial charge in [-0.05, 0) is 49.1 Å². The maximum Gasteiger partial charge on any atom is 0.156 e. The summed E-state index contributed by atoms with van der Waals surface area (Å²) in [5, 5.41) is 0. The van der Waals surface area contributed by atoms with Crippen molar-refractivity contribution in [2.45, 2.75) is 26.8 Å². The van der Waals surface area contributed by atoms with Gasteiger partial charge in [0, 0.05) is 31.5 Å². The first-order valence-corrected chi connectivity index (χ1v) is 9.14. The van der Waals surface area contributed by atoms with Gasteiger partial charge in [-0.15, -0.1) is 0 Å². The molecule has 0 atom stereocenters. The van der Waals surface area contributed by atoms with Crippen molar-refractivity contribution in [2.24, 2.45) is 0 Å². The number of imidazole rings is 1. The summed E-state index contributed by atoms with van der Waals surface area (Å²) in [5.74, 6) is 0.847. The number of pyridine rings is 1. The quantitative estimate of drug-likeness (QED) is 0.764. The molecule has 3 aromatic rings. The normalized spacial score (nSPS) is 15.1. The average Bonchev–Trinajstić information content (AvgIpc) is 3.02. The number of nitrogens with zero attached hydrogens (tertiary/aromatic N) is 3. The van der Waals surface area contributed by atoms with Crippen LogP contribution < -0.4 is 0 Å². The van der Waals surface area contributed by atoms with Crippen molar-refractivity contribution in [3.05, 3.63) is 77.3 Å². The lowest BCUT2D eigenvalue weighted by Crippen LogP contribution is -2.29. The first-order valence-electron chi connectivity index (χ1n) is 9.14. The first-order chi connectivity index (χ1) is 12.7. The summed E-state index contributed by atoms with van der Waals surface area (Å²) in [6.45, 7) is 7.12. The number of rotatable bonds is 4. The van der Waals surface area contributed by atoms with Crippen molar-refractivity contribution >= 4 is 5.57 Å². The lowest BCUT2D eigenvalue weighted by Gasteiger charge is -2.27. The van der Waals surface area contributed by atoms with E-state index in [1.165, 1.54) is 16.7 Å². The molecule has 0 spiro atoms. The van der Waals surface area contributed by atoms with E-state index in [1.54, 1.807) is 0 Å². The molecular formula is C22H24N4. The predicted molar refractivity (Wildman–Crippen MR) is 106 cm³/mol. The maximum absolute atomic E-state index is 4.59. The Morgan fingerprint density at radius 3 is 2.73 bits per heavy atom. The molecule has 4 rings (SSSR count). The Morgan fingerprint density at radius 2 is 1.96 bits per heavy atom. The van der Waals surface area contributed by atoms with E-state index < -0.39 is 0 Å². The van der Waals surface area contributed by atoms with E-state index in [9.17, 15) is 0 Å². The third-order valence-electron chi connectivity index (χ3n) is 4.98. The van der Waals surface area contributed by atoms with E-state index >= 15 is 0 Å². The summed E-state index contributed by atoms with van der Waals surface area (Å²) in [6, 6.07) is 14.9. The number of hydrogen-bond donors (Lipinski definition) is 1. The van der Waals surface area contributed by atoms with Gasteiger partial charge in [0.2, 0.25) is 0 Å². The summed E-state index contributed by atoms with van der Waals surface area (Å²) < 4.78 is 0. The van der Waals surface area contributed by atoms with Crippen LogP contribution in [-0.2, 0) is 6.54 Å². The van der Waals surface area contributed by atoms with Crippen LogP contribution in [-0.4, -0.2) is 32.9 Å². The molecule has 4 nitrogen and oxygen atoms in total. The molecule has 0 radical (unpaired) electrons. The fourth-order valence-electron chi connectivity index (χ4n) is 3.42. The van der Waals surface area contributed by atoms with Crippen molar-refractivity contribution in [3.8, 4) is 11.5 Å². The molecule has 1 aromatic carbocycles. The van der Waals surface area contributed by atoms with Gasteiger partial charge in [0.15, 0.2) is 5.82 Å². The highest BCUT2D eigenvalue weighted by atomic mass is 15.1. The zero-order chi connectivity index (χ0) is 17.9. The van der Waals surface area contributed by atoms with Gasteiger partial charge in [0.25, 0.3) is 0 Å². The Kier molecular flexibility index (Phi) is 4.67. The molecule has 0 saturated carbocycles. The molecule has 4 heteroatoms. The topological polar surface area (TPSA) is 44.8 Å². The van der Waals surface area contributed by atoms with Gasteiger partial charge in [-0.2, -0.15) is 0 Å². The highest BCUT2D eigenvalue weighted by Gasteiger charge is 2.15. The third-order valence-corrected chi connectivity index (χ3v) is 4.98. The van der Waals surface area contributed by atoms with E-state index in [4.69, 9.17) is 0 Å². The molecule has 132 valence electrons. The number of aryl methyl sites for hydroxylation is 2. The van der Waals surface area contributed by atoms with Crippen LogP contribution in [0.5, 0.6) is 0 Å². The molecule has 3 heterocycles. The van der Waals surface area contributed by atoms with Crippen LogP contribution in [0.4, 0.5) is 0 Å². The summed E-state index contributed by atoms with van der Waals surface area (Å²) in [4.78, 5) is 14.9. The van der Waals surface area contributed by atoms with Crippen molar-refractivity contribution in [1.29, 1.82) is 0 Å². The molecule has 0 fully saturated rings. The molecule has 2 aromatic heterocycles. The molecular weight excluding hydrogens is 320 g/mol. The minimum absolute atomic E-state index is 0.847. The Labute approximate surface area is 154 Å². The standard InChI is InChI=1S/C22H24N4/c1-16-17(2)25-22(24-16)21-13-19(10-11-23-21)20-9-6-12-26(15-20)14-18-7-4-3-5-8-18/h3-5,7-11,13H,6,12,14-15H2,1-2H3,(H,24,25). The smallest absolute Gasteiger partial charge is 0.156 e. The fraction of sp³-hybridized carbons (Fsp3) is 0.273. The lowest BCUT2D eigenvalue weighted by atomic mass is 10.0. The van der Waals surface area contributed by atoms with E-state index in [2.05, 4.69) is 68.4 Å². The average molecular weight is 344 g/mol. The number of H-pyrrole nitrogens is 1. The number of aromatic nitrogens is 3. The van der Waals surface area contributed by atoms with E-state index in [-0.39, 0.29) is 0 Å². The van der Waals surface area contributed by atoms with Crippen LogP contribution in [0.25, 0.3) is 17.1 Å². The van der Waals surface area contributed by atoms with Crippen molar-refractivity contribution < 1.29 is 0 Å². The predicted octanol–water partition coefficient (Wildman–Crippen LogP) is 4.38. The van der Waals surface area contributed by atoms with Crippen molar-refractivity contribution in [2.75, 3.05) is 13.1 Å². The van der Waals surface area contributed by atoms with Gasteiger partial charge in [0.1, 0.15) is 5.69 Å². The van der Waals surface area contributed by atoms with E-state index in [0.717, 1.165) is 49.0 Å². The minimum atomic E-state index is 0.847. The largest absolute Gasteiger partial charge is 0.341 e. The van der Waals surface area contributed by atoms with Crippen LogP contribution in [0.3, 0.4) is 0 Å². The zero-order valence-electron chi connectivity index (χ0n) is 15.4. The molecule has 1 aliphatic heterocycles. The molecule has 0 amide bonds. The van der Waals surface area contributed by atoms with Crippen molar-refractivity contribution in [1.82, 2.24) is 19.9 Å². The molecule has 0 unspecified atom stereocenters. The van der Waals surface area contributed by atoms with Crippen LogP contribution in [0.2, 0.25) is 0 Å². The first kappa shape index (κ1) is 16.7. The van der Waals surface area contributed by atoms with E-state index in [0.29, 0.717) is 0 Å². The monoisotopic (exact) mass is 344 g/mol. The van der Waals surface area contributed by atoms with Crippen LogP contribution in [0, 0.1) is 13.8 Å². The van der Waals surface area contributed by atoms with Gasteiger partial charge < -0.3 is 4.98 Å². The second-order valence-electron chi connectivity index (χ2n) is 6.94. The molecule has 26 heavy (non-hydrogen) atoms. The molecule has 0 saturated heterocycles. The van der Waals surface area contributed by atoms with Gasteiger partial charge in [-0.25, -0.2) is 4.98 Å². The summed E-state index contributed by atoms with van der Waals surface area (Å²) in [5.41, 5.74) is 7.00. The molecule has 1 aliphatic rings. The summed E-state index contributed by atoms with van der Waals surface area (Å²) >= 11 is 0. The Morgan fingerprint density at radius 1 is 1.12 bits per heavy atom.